The number of amides is 1. The Morgan fingerprint density at radius 1 is 0.931 bits per heavy atom. The number of carbonyl (C=O) groups is 1. The van der Waals surface area contributed by atoms with Crippen LogP contribution in [0.4, 0.5) is 11.4 Å². The molecule has 0 saturated heterocycles. The summed E-state index contributed by atoms with van der Waals surface area (Å²) in [7, 11) is 2.93. The summed E-state index contributed by atoms with van der Waals surface area (Å²) in [6.45, 7) is 0. The highest BCUT2D eigenvalue weighted by atomic mass is 16.5. The van der Waals surface area contributed by atoms with Crippen LogP contribution in [-0.4, -0.2) is 30.3 Å². The third kappa shape index (κ3) is 3.06. The van der Waals surface area contributed by atoms with Crippen LogP contribution in [0.25, 0.3) is 0 Å². The summed E-state index contributed by atoms with van der Waals surface area (Å²) >= 11 is 0. The van der Waals surface area contributed by atoms with Gasteiger partial charge in [0.15, 0.2) is 11.5 Å². The smallest absolute Gasteiger partial charge is 0.262 e. The molecule has 0 spiro atoms. The molecule has 1 atom stereocenters. The first-order valence-corrected chi connectivity index (χ1v) is 8.97. The van der Waals surface area contributed by atoms with Gasteiger partial charge in [0.05, 0.1) is 25.5 Å². The van der Waals surface area contributed by atoms with Gasteiger partial charge >= 0.3 is 0 Å². The van der Waals surface area contributed by atoms with Crippen molar-refractivity contribution in [2.24, 2.45) is 0 Å². The molecular weight excluding hydrogens is 372 g/mol. The Morgan fingerprint density at radius 2 is 1.62 bits per heavy atom. The van der Waals surface area contributed by atoms with Crippen LogP contribution >= 0.6 is 0 Å². The van der Waals surface area contributed by atoms with Crippen molar-refractivity contribution < 1.29 is 24.5 Å². The lowest BCUT2D eigenvalue weighted by atomic mass is 10.0. The van der Waals surface area contributed by atoms with Crippen LogP contribution in [0.1, 0.15) is 22.1 Å². The Hall–Kier alpha value is -3.87. The van der Waals surface area contributed by atoms with Crippen molar-refractivity contribution >= 4 is 17.3 Å². The highest BCUT2D eigenvalue weighted by Gasteiger charge is 2.36. The largest absolute Gasteiger partial charge is 0.504 e. The lowest BCUT2D eigenvalue weighted by Gasteiger charge is -2.38. The minimum Gasteiger partial charge on any atom is -0.504 e. The van der Waals surface area contributed by atoms with Gasteiger partial charge in [-0.3, -0.25) is 9.69 Å². The highest BCUT2D eigenvalue weighted by Crippen LogP contribution is 2.44. The van der Waals surface area contributed by atoms with E-state index in [9.17, 15) is 15.0 Å². The zero-order valence-corrected chi connectivity index (χ0v) is 15.9. The number of carbonyl (C=O) groups excluding carboxylic acids is 1. The van der Waals surface area contributed by atoms with Gasteiger partial charge < -0.3 is 25.0 Å². The van der Waals surface area contributed by atoms with Gasteiger partial charge in [-0.05, 0) is 36.4 Å². The van der Waals surface area contributed by atoms with Gasteiger partial charge in [0, 0.05) is 11.3 Å². The first-order valence-electron chi connectivity index (χ1n) is 8.97. The zero-order chi connectivity index (χ0) is 20.5. The molecule has 1 heterocycles. The summed E-state index contributed by atoms with van der Waals surface area (Å²) in [5.41, 5.74) is 2.29. The van der Waals surface area contributed by atoms with Gasteiger partial charge in [-0.15, -0.1) is 0 Å². The quantitative estimate of drug-likeness (QED) is 0.584. The molecule has 29 heavy (non-hydrogen) atoms. The Balaban J connectivity index is 1.93. The van der Waals surface area contributed by atoms with E-state index in [1.165, 1.54) is 13.2 Å². The van der Waals surface area contributed by atoms with E-state index in [1.807, 2.05) is 24.3 Å². The van der Waals surface area contributed by atoms with Crippen molar-refractivity contribution in [3.63, 3.8) is 0 Å². The number of phenolic OH excluding ortho intramolecular Hbond substituents is 2. The van der Waals surface area contributed by atoms with Gasteiger partial charge in [-0.2, -0.15) is 0 Å². The fourth-order valence-electron chi connectivity index (χ4n) is 3.49. The number of benzene rings is 3. The monoisotopic (exact) mass is 392 g/mol. The molecule has 3 aromatic carbocycles. The van der Waals surface area contributed by atoms with Crippen molar-refractivity contribution in [2.45, 2.75) is 6.17 Å². The number of phenols is 2. The van der Waals surface area contributed by atoms with Gasteiger partial charge in [-0.25, -0.2) is 0 Å². The van der Waals surface area contributed by atoms with E-state index >= 15 is 0 Å². The molecule has 1 aliphatic rings. The van der Waals surface area contributed by atoms with Crippen molar-refractivity contribution in [1.82, 2.24) is 0 Å². The molecule has 0 fully saturated rings. The Kier molecular flexibility index (Phi) is 4.64. The molecule has 7 heteroatoms. The molecule has 3 aromatic rings. The van der Waals surface area contributed by atoms with E-state index in [1.54, 1.807) is 42.3 Å². The minimum absolute atomic E-state index is 0.105. The first-order chi connectivity index (χ1) is 14.0. The molecule has 0 saturated carbocycles. The van der Waals surface area contributed by atoms with Crippen LogP contribution in [0.2, 0.25) is 0 Å². The molecule has 4 rings (SSSR count). The maximum Gasteiger partial charge on any atom is 0.262 e. The number of rotatable bonds is 4. The third-order valence-corrected chi connectivity index (χ3v) is 4.88. The lowest BCUT2D eigenvalue weighted by molar-refractivity contribution is 0.0974. The number of nitrogens with zero attached hydrogens (tertiary/aromatic N) is 1. The number of hydrogen-bond acceptors (Lipinski definition) is 6. The fourth-order valence-corrected chi connectivity index (χ4v) is 3.49. The second-order valence-electron chi connectivity index (χ2n) is 6.53. The van der Waals surface area contributed by atoms with Crippen LogP contribution in [0.5, 0.6) is 23.0 Å². The predicted molar refractivity (Wildman–Crippen MR) is 109 cm³/mol. The number of nitrogens with one attached hydrogen (secondary N) is 1. The molecule has 3 N–H and O–H groups in total. The summed E-state index contributed by atoms with van der Waals surface area (Å²) in [6, 6.07) is 17.4. The molecule has 0 aromatic heterocycles. The van der Waals surface area contributed by atoms with Crippen LogP contribution in [0.15, 0.2) is 60.7 Å². The van der Waals surface area contributed by atoms with E-state index in [0.29, 0.717) is 28.3 Å². The molecule has 0 radical (unpaired) electrons. The molecule has 1 aliphatic heterocycles. The van der Waals surface area contributed by atoms with E-state index < -0.39 is 6.17 Å². The SMILES string of the molecule is COc1ccccc1N1C(=O)c2ccccc2N[C@@H]1c1cc(O)c(O)c(OC)c1. The molecular formula is C22H20N2O5. The number of anilines is 2. The second kappa shape index (κ2) is 7.27. The summed E-state index contributed by atoms with van der Waals surface area (Å²) in [6.07, 6.45) is -0.672. The number of fused-ring (bicyclic) bond motifs is 1. The Bertz CT molecular complexity index is 1080. The van der Waals surface area contributed by atoms with Gasteiger partial charge in [-0.1, -0.05) is 24.3 Å². The van der Waals surface area contributed by atoms with Crippen molar-refractivity contribution in [2.75, 3.05) is 24.4 Å². The Morgan fingerprint density at radius 3 is 2.38 bits per heavy atom. The van der Waals surface area contributed by atoms with Crippen molar-refractivity contribution in [3.05, 3.63) is 71.8 Å². The second-order valence-corrected chi connectivity index (χ2v) is 6.53. The molecule has 7 nitrogen and oxygen atoms in total. The van der Waals surface area contributed by atoms with Gasteiger partial charge in [0.1, 0.15) is 11.9 Å². The summed E-state index contributed by atoms with van der Waals surface area (Å²) in [5, 5.41) is 23.5. The number of para-hydroxylation sites is 3. The summed E-state index contributed by atoms with van der Waals surface area (Å²) < 4.78 is 10.6. The van der Waals surface area contributed by atoms with Crippen LogP contribution in [0.3, 0.4) is 0 Å². The third-order valence-electron chi connectivity index (χ3n) is 4.88. The first kappa shape index (κ1) is 18.5. The molecule has 148 valence electrons. The topological polar surface area (TPSA) is 91.3 Å². The average molecular weight is 392 g/mol. The highest BCUT2D eigenvalue weighted by molar-refractivity contribution is 6.12. The maximum absolute atomic E-state index is 13.5. The predicted octanol–water partition coefficient (Wildman–Crippen LogP) is 3.89. The van der Waals surface area contributed by atoms with Gasteiger partial charge in [0.25, 0.3) is 5.91 Å². The molecule has 0 aliphatic carbocycles. The van der Waals surface area contributed by atoms with Crippen LogP contribution < -0.4 is 19.7 Å². The van der Waals surface area contributed by atoms with E-state index in [2.05, 4.69) is 5.32 Å². The molecule has 0 unspecified atom stereocenters. The van der Waals surface area contributed by atoms with E-state index in [0.717, 1.165) is 0 Å². The minimum atomic E-state index is -0.672. The number of hydrogen-bond donors (Lipinski definition) is 3. The number of ether oxygens (including phenoxy) is 2. The molecule has 1 amide bonds. The van der Waals surface area contributed by atoms with Crippen LogP contribution in [-0.2, 0) is 0 Å². The standard InChI is InChI=1S/C22H20N2O5/c1-28-18-10-6-5-9-16(18)24-21(13-11-17(25)20(26)19(12-13)29-2)23-15-8-4-3-7-14(15)22(24)27/h3-12,21,23,25-26H,1-2H3/t21-/m0/s1. The Labute approximate surface area is 167 Å². The lowest BCUT2D eigenvalue weighted by Crippen LogP contribution is -2.43. The summed E-state index contributed by atoms with van der Waals surface area (Å²) in [4.78, 5) is 15.0. The number of aromatic hydroxyl groups is 2. The maximum atomic E-state index is 13.5. The average Bonchev–Trinajstić information content (AvgIpc) is 2.75. The molecule has 0 bridgehead atoms. The van der Waals surface area contributed by atoms with Crippen LogP contribution in [0, 0.1) is 0 Å². The normalized spacial score (nSPS) is 15.4. The number of methoxy groups -OCH3 is 2. The summed E-state index contributed by atoms with van der Waals surface area (Å²) in [5.74, 6) is -0.287. The zero-order valence-electron chi connectivity index (χ0n) is 15.9. The van der Waals surface area contributed by atoms with Crippen molar-refractivity contribution in [3.8, 4) is 23.0 Å². The fraction of sp³-hybridized carbons (Fsp3) is 0.136. The van der Waals surface area contributed by atoms with E-state index in [-0.39, 0.29) is 23.2 Å². The van der Waals surface area contributed by atoms with Gasteiger partial charge in [0.2, 0.25) is 5.75 Å². The van der Waals surface area contributed by atoms with Crippen molar-refractivity contribution in [1.29, 1.82) is 0 Å². The van der Waals surface area contributed by atoms with E-state index in [4.69, 9.17) is 9.47 Å².